The van der Waals surface area contributed by atoms with Crippen LogP contribution in [0.4, 0.5) is 0 Å². The third-order valence-corrected chi connectivity index (χ3v) is 4.60. The number of aromatic nitrogens is 3. The molecular formula is C17H18N4O2S. The smallest absolute Gasteiger partial charge is 0.233 e. The van der Waals surface area contributed by atoms with E-state index in [1.807, 2.05) is 54.1 Å². The molecule has 0 saturated heterocycles. The summed E-state index contributed by atoms with van der Waals surface area (Å²) >= 11 is 1.38. The average molecular weight is 342 g/mol. The largest absolute Gasteiger partial charge is 0.467 e. The summed E-state index contributed by atoms with van der Waals surface area (Å²) in [4.78, 5) is 13.9. The molecule has 2 heterocycles. The number of amides is 1. The first-order valence-corrected chi connectivity index (χ1v) is 8.47. The molecule has 0 N–H and O–H groups in total. The standard InChI is InChI=1S/C17H18N4O2S/c1-20(11-14-9-6-10-23-14)15(22)12-24-17-19-18-16(21(17)2)13-7-4-3-5-8-13/h3-10H,11-12H2,1-2H3. The number of hydrogen-bond acceptors (Lipinski definition) is 5. The fourth-order valence-corrected chi connectivity index (χ4v) is 3.09. The van der Waals surface area contributed by atoms with E-state index in [2.05, 4.69) is 10.2 Å². The van der Waals surface area contributed by atoms with Gasteiger partial charge in [0.05, 0.1) is 18.6 Å². The van der Waals surface area contributed by atoms with Crippen molar-refractivity contribution in [3.05, 3.63) is 54.5 Å². The maximum absolute atomic E-state index is 12.2. The Hall–Kier alpha value is -2.54. The molecule has 6 nitrogen and oxygen atoms in total. The molecule has 0 fully saturated rings. The van der Waals surface area contributed by atoms with Crippen LogP contribution in [0.2, 0.25) is 0 Å². The predicted octanol–water partition coefficient (Wildman–Crippen LogP) is 2.83. The van der Waals surface area contributed by atoms with E-state index in [1.54, 1.807) is 18.2 Å². The topological polar surface area (TPSA) is 64.2 Å². The SMILES string of the molecule is CN(Cc1ccco1)C(=O)CSc1nnc(-c2ccccc2)n1C. The Bertz CT molecular complexity index is 799. The monoisotopic (exact) mass is 342 g/mol. The second-order valence-electron chi connectivity index (χ2n) is 5.35. The molecule has 2 aromatic heterocycles. The van der Waals surface area contributed by atoms with Gasteiger partial charge in [-0.25, -0.2) is 0 Å². The lowest BCUT2D eigenvalue weighted by Gasteiger charge is -2.15. The third kappa shape index (κ3) is 3.68. The van der Waals surface area contributed by atoms with Crippen LogP contribution in [-0.4, -0.2) is 38.4 Å². The number of carbonyl (C=O) groups excluding carboxylic acids is 1. The molecule has 0 saturated carbocycles. The van der Waals surface area contributed by atoms with Crippen molar-refractivity contribution in [3.8, 4) is 11.4 Å². The van der Waals surface area contributed by atoms with Crippen LogP contribution < -0.4 is 0 Å². The van der Waals surface area contributed by atoms with Crippen LogP contribution >= 0.6 is 11.8 Å². The van der Waals surface area contributed by atoms with Crippen LogP contribution in [0.25, 0.3) is 11.4 Å². The van der Waals surface area contributed by atoms with Gasteiger partial charge in [-0.05, 0) is 12.1 Å². The molecule has 0 unspecified atom stereocenters. The summed E-state index contributed by atoms with van der Waals surface area (Å²) in [6.45, 7) is 0.459. The molecule has 3 aromatic rings. The van der Waals surface area contributed by atoms with Gasteiger partial charge in [0.15, 0.2) is 11.0 Å². The minimum absolute atomic E-state index is 0.0145. The summed E-state index contributed by atoms with van der Waals surface area (Å²) < 4.78 is 7.16. The number of nitrogens with zero attached hydrogens (tertiary/aromatic N) is 4. The number of benzene rings is 1. The van der Waals surface area contributed by atoms with Crippen molar-refractivity contribution in [2.75, 3.05) is 12.8 Å². The van der Waals surface area contributed by atoms with Crippen molar-refractivity contribution in [2.24, 2.45) is 7.05 Å². The molecule has 0 aliphatic rings. The van der Waals surface area contributed by atoms with Gasteiger partial charge < -0.3 is 13.9 Å². The zero-order chi connectivity index (χ0) is 16.9. The van der Waals surface area contributed by atoms with Gasteiger partial charge in [-0.3, -0.25) is 4.79 Å². The normalized spacial score (nSPS) is 10.8. The van der Waals surface area contributed by atoms with Crippen molar-refractivity contribution >= 4 is 17.7 Å². The van der Waals surface area contributed by atoms with Gasteiger partial charge in [0.2, 0.25) is 5.91 Å². The fourth-order valence-electron chi connectivity index (χ4n) is 2.24. The van der Waals surface area contributed by atoms with Crippen LogP contribution in [0.3, 0.4) is 0 Å². The molecule has 124 valence electrons. The molecule has 1 amide bonds. The highest BCUT2D eigenvalue weighted by Crippen LogP contribution is 2.22. The number of thioether (sulfide) groups is 1. The molecule has 0 aliphatic carbocycles. The maximum Gasteiger partial charge on any atom is 0.233 e. The van der Waals surface area contributed by atoms with Crippen LogP contribution in [0.5, 0.6) is 0 Å². The molecule has 0 atom stereocenters. The van der Waals surface area contributed by atoms with Crippen LogP contribution in [0, 0.1) is 0 Å². The highest BCUT2D eigenvalue weighted by Gasteiger charge is 2.15. The van der Waals surface area contributed by atoms with E-state index in [0.717, 1.165) is 17.1 Å². The molecule has 0 radical (unpaired) electrons. The maximum atomic E-state index is 12.2. The Balaban J connectivity index is 1.61. The summed E-state index contributed by atoms with van der Waals surface area (Å²) in [6.07, 6.45) is 1.60. The molecule has 24 heavy (non-hydrogen) atoms. The zero-order valence-electron chi connectivity index (χ0n) is 13.5. The lowest BCUT2D eigenvalue weighted by molar-refractivity contribution is -0.127. The van der Waals surface area contributed by atoms with E-state index < -0.39 is 0 Å². The lowest BCUT2D eigenvalue weighted by Crippen LogP contribution is -2.27. The quantitative estimate of drug-likeness (QED) is 0.645. The highest BCUT2D eigenvalue weighted by molar-refractivity contribution is 7.99. The Morgan fingerprint density at radius 3 is 2.71 bits per heavy atom. The number of rotatable bonds is 6. The molecule has 7 heteroatoms. The van der Waals surface area contributed by atoms with E-state index in [9.17, 15) is 4.79 Å². The average Bonchev–Trinajstić information content (AvgIpc) is 3.23. The van der Waals surface area contributed by atoms with Gasteiger partial charge in [0, 0.05) is 19.7 Å². The molecule has 1 aromatic carbocycles. The molecular weight excluding hydrogens is 324 g/mol. The van der Waals surface area contributed by atoms with E-state index in [0.29, 0.717) is 17.5 Å². The second kappa shape index (κ2) is 7.35. The predicted molar refractivity (Wildman–Crippen MR) is 92.3 cm³/mol. The van der Waals surface area contributed by atoms with Crippen molar-refractivity contribution in [1.29, 1.82) is 0 Å². The Kier molecular flexibility index (Phi) is 5.00. The van der Waals surface area contributed by atoms with Gasteiger partial charge in [-0.2, -0.15) is 0 Å². The van der Waals surface area contributed by atoms with E-state index in [4.69, 9.17) is 4.42 Å². The number of carbonyl (C=O) groups is 1. The Labute approximate surface area is 144 Å². The molecule has 3 rings (SSSR count). The zero-order valence-corrected chi connectivity index (χ0v) is 14.4. The van der Waals surface area contributed by atoms with Crippen molar-refractivity contribution < 1.29 is 9.21 Å². The van der Waals surface area contributed by atoms with E-state index >= 15 is 0 Å². The third-order valence-electron chi connectivity index (χ3n) is 3.59. The molecule has 0 aliphatic heterocycles. The minimum atomic E-state index is 0.0145. The summed E-state index contributed by atoms with van der Waals surface area (Å²) in [6, 6.07) is 13.5. The molecule has 0 bridgehead atoms. The van der Waals surface area contributed by atoms with Gasteiger partial charge in [0.1, 0.15) is 5.76 Å². The van der Waals surface area contributed by atoms with Crippen LogP contribution in [0.15, 0.2) is 58.3 Å². The second-order valence-corrected chi connectivity index (χ2v) is 6.29. The molecule has 0 spiro atoms. The fraction of sp³-hybridized carbons (Fsp3) is 0.235. The van der Waals surface area contributed by atoms with Gasteiger partial charge in [-0.1, -0.05) is 42.1 Å². The van der Waals surface area contributed by atoms with Gasteiger partial charge >= 0.3 is 0 Å². The summed E-state index contributed by atoms with van der Waals surface area (Å²) in [5.74, 6) is 1.87. The summed E-state index contributed by atoms with van der Waals surface area (Å²) in [5, 5.41) is 9.12. The van der Waals surface area contributed by atoms with Gasteiger partial charge in [-0.15, -0.1) is 10.2 Å². The first-order chi connectivity index (χ1) is 11.6. The van der Waals surface area contributed by atoms with E-state index in [1.165, 1.54) is 11.8 Å². The highest BCUT2D eigenvalue weighted by atomic mass is 32.2. The summed E-state index contributed by atoms with van der Waals surface area (Å²) in [5.41, 5.74) is 1.00. The lowest BCUT2D eigenvalue weighted by atomic mass is 10.2. The van der Waals surface area contributed by atoms with Crippen molar-refractivity contribution in [1.82, 2.24) is 19.7 Å². The number of hydrogen-bond donors (Lipinski definition) is 0. The first kappa shape index (κ1) is 16.3. The van der Waals surface area contributed by atoms with Crippen molar-refractivity contribution in [3.63, 3.8) is 0 Å². The first-order valence-electron chi connectivity index (χ1n) is 7.49. The summed E-state index contributed by atoms with van der Waals surface area (Å²) in [7, 11) is 3.67. The minimum Gasteiger partial charge on any atom is -0.467 e. The number of furan rings is 1. The Morgan fingerprint density at radius 2 is 2.00 bits per heavy atom. The van der Waals surface area contributed by atoms with Crippen LogP contribution in [0.1, 0.15) is 5.76 Å². The van der Waals surface area contributed by atoms with E-state index in [-0.39, 0.29) is 5.91 Å². The van der Waals surface area contributed by atoms with Crippen LogP contribution in [-0.2, 0) is 18.4 Å². The van der Waals surface area contributed by atoms with Gasteiger partial charge in [0.25, 0.3) is 0 Å². The van der Waals surface area contributed by atoms with Crippen molar-refractivity contribution in [2.45, 2.75) is 11.7 Å². The Morgan fingerprint density at radius 1 is 1.21 bits per heavy atom.